The number of rotatable bonds is 1. The van der Waals surface area contributed by atoms with Gasteiger partial charge in [0.25, 0.3) is 0 Å². The van der Waals surface area contributed by atoms with E-state index in [1.807, 2.05) is 43.3 Å². The summed E-state index contributed by atoms with van der Waals surface area (Å²) in [6, 6.07) is 9.76. The van der Waals surface area contributed by atoms with Crippen LogP contribution in [0.1, 0.15) is 38.7 Å². The van der Waals surface area contributed by atoms with Gasteiger partial charge in [0.1, 0.15) is 6.10 Å². The fraction of sp³-hybridized carbons (Fsp3) is 0.409. The number of benzene rings is 1. The van der Waals surface area contributed by atoms with Crippen molar-refractivity contribution in [1.29, 1.82) is 0 Å². The van der Waals surface area contributed by atoms with Crippen molar-refractivity contribution in [3.05, 3.63) is 59.2 Å². The first-order valence-electron chi connectivity index (χ1n) is 9.41. The molecule has 1 saturated heterocycles. The lowest BCUT2D eigenvalue weighted by atomic mass is 9.60. The Labute approximate surface area is 157 Å². The van der Waals surface area contributed by atoms with Crippen LogP contribution in [0.2, 0.25) is 0 Å². The summed E-state index contributed by atoms with van der Waals surface area (Å²) in [7, 11) is 0. The lowest BCUT2D eigenvalue weighted by Crippen LogP contribution is -2.47. The van der Waals surface area contributed by atoms with E-state index in [2.05, 4.69) is 12.1 Å². The maximum atomic E-state index is 13.0. The first-order chi connectivity index (χ1) is 12.9. The van der Waals surface area contributed by atoms with E-state index in [0.717, 1.165) is 29.7 Å². The van der Waals surface area contributed by atoms with Crippen molar-refractivity contribution in [3.63, 3.8) is 0 Å². The van der Waals surface area contributed by atoms with Gasteiger partial charge < -0.3 is 9.57 Å². The van der Waals surface area contributed by atoms with Crippen LogP contribution in [0.5, 0.6) is 0 Å². The molecule has 2 aliphatic carbocycles. The fourth-order valence-electron chi connectivity index (χ4n) is 5.13. The Morgan fingerprint density at radius 3 is 2.74 bits per heavy atom. The number of ketones is 1. The third kappa shape index (κ3) is 2.14. The summed E-state index contributed by atoms with van der Waals surface area (Å²) in [5.41, 5.74) is 2.04. The van der Waals surface area contributed by atoms with Gasteiger partial charge in [0, 0.05) is 17.4 Å². The van der Waals surface area contributed by atoms with Crippen LogP contribution in [0, 0.1) is 11.3 Å². The summed E-state index contributed by atoms with van der Waals surface area (Å²) in [6.07, 6.45) is 5.25. The van der Waals surface area contributed by atoms with E-state index in [0.29, 0.717) is 12.0 Å². The second-order valence-corrected chi connectivity index (χ2v) is 8.19. The highest BCUT2D eigenvalue weighted by molar-refractivity contribution is 6.07. The number of carbonyl (C=O) groups excluding carboxylic acids is 2. The zero-order chi connectivity index (χ0) is 18.8. The summed E-state index contributed by atoms with van der Waals surface area (Å²) < 4.78 is 5.86. The van der Waals surface area contributed by atoms with E-state index in [1.54, 1.807) is 6.08 Å². The third-order valence-electron chi connectivity index (χ3n) is 6.65. The molecule has 1 aromatic carbocycles. The summed E-state index contributed by atoms with van der Waals surface area (Å²) in [5.74, 6) is -0.500. The number of ether oxygens (including phenoxy) is 1. The topological polar surface area (TPSA) is 65.0 Å². The Bertz CT molecular complexity index is 944. The van der Waals surface area contributed by atoms with Gasteiger partial charge in [-0.3, -0.25) is 4.79 Å². The number of nitrogens with zero attached hydrogens (tertiary/aromatic N) is 1. The van der Waals surface area contributed by atoms with Crippen LogP contribution in [-0.4, -0.2) is 29.2 Å². The number of oxime groups is 1. The molecule has 4 atom stereocenters. The van der Waals surface area contributed by atoms with Crippen LogP contribution in [0.15, 0.2) is 58.8 Å². The number of fused-ring (bicyclic) bond motifs is 4. The van der Waals surface area contributed by atoms with Gasteiger partial charge in [-0.05, 0) is 37.0 Å². The minimum atomic E-state index is -1.07. The van der Waals surface area contributed by atoms with Gasteiger partial charge in [0.2, 0.25) is 5.60 Å². The van der Waals surface area contributed by atoms with Crippen molar-refractivity contribution >= 4 is 17.5 Å². The molecule has 0 radical (unpaired) electrons. The Hall–Kier alpha value is -2.69. The molecule has 0 aromatic heterocycles. The molecule has 2 fully saturated rings. The van der Waals surface area contributed by atoms with Crippen LogP contribution in [-0.2, 0) is 19.2 Å². The summed E-state index contributed by atoms with van der Waals surface area (Å²) >= 11 is 0. The number of hydrogen-bond donors (Lipinski definition) is 0. The van der Waals surface area contributed by atoms with Crippen LogP contribution in [0.4, 0.5) is 0 Å². The number of allylic oxidation sites excluding steroid dienone is 3. The Morgan fingerprint density at radius 1 is 1.19 bits per heavy atom. The molecule has 5 rings (SSSR count). The fourth-order valence-corrected chi connectivity index (χ4v) is 5.13. The molecule has 1 aromatic rings. The molecule has 5 nitrogen and oxygen atoms in total. The van der Waals surface area contributed by atoms with Crippen LogP contribution in [0.3, 0.4) is 0 Å². The first-order valence-corrected chi connectivity index (χ1v) is 9.41. The third-order valence-corrected chi connectivity index (χ3v) is 6.65. The molecule has 0 N–H and O–H groups in total. The number of esters is 1. The molecule has 0 amide bonds. The van der Waals surface area contributed by atoms with E-state index in [1.165, 1.54) is 0 Å². The van der Waals surface area contributed by atoms with Crippen LogP contribution in [0.25, 0.3) is 0 Å². The lowest BCUT2D eigenvalue weighted by Gasteiger charge is -2.43. The normalized spacial score (nSPS) is 37.0. The minimum Gasteiger partial charge on any atom is -0.454 e. The highest BCUT2D eigenvalue weighted by atomic mass is 16.7. The zero-order valence-corrected chi connectivity index (χ0v) is 15.4. The van der Waals surface area contributed by atoms with Gasteiger partial charge in [-0.1, -0.05) is 48.5 Å². The van der Waals surface area contributed by atoms with Gasteiger partial charge >= 0.3 is 5.97 Å². The van der Waals surface area contributed by atoms with Crippen molar-refractivity contribution in [1.82, 2.24) is 0 Å². The maximum absolute atomic E-state index is 13.0. The van der Waals surface area contributed by atoms with E-state index in [9.17, 15) is 9.59 Å². The predicted octanol–water partition coefficient (Wildman–Crippen LogP) is 3.35. The molecule has 2 aliphatic heterocycles. The second kappa shape index (κ2) is 5.41. The van der Waals surface area contributed by atoms with Crippen molar-refractivity contribution in [2.75, 3.05) is 0 Å². The SMILES string of the molecule is CC1=C2[C@H]3OC(=O)C4(CC(c5ccccc5)=NO4)[C@@H]3CC[C@@]2(C)C=CC1=O. The molecule has 1 spiro atoms. The molecule has 138 valence electrons. The van der Waals surface area contributed by atoms with E-state index in [4.69, 9.17) is 9.57 Å². The molecule has 2 heterocycles. The first kappa shape index (κ1) is 16.5. The minimum absolute atomic E-state index is 0.00584. The zero-order valence-electron chi connectivity index (χ0n) is 15.4. The smallest absolute Gasteiger partial charge is 0.354 e. The average molecular weight is 363 g/mol. The largest absolute Gasteiger partial charge is 0.454 e. The predicted molar refractivity (Wildman–Crippen MR) is 99.0 cm³/mol. The van der Waals surface area contributed by atoms with Crippen molar-refractivity contribution in [3.8, 4) is 0 Å². The monoisotopic (exact) mass is 363 g/mol. The van der Waals surface area contributed by atoms with Crippen LogP contribution >= 0.6 is 0 Å². The highest BCUT2D eigenvalue weighted by Gasteiger charge is 2.66. The maximum Gasteiger partial charge on any atom is 0.354 e. The Morgan fingerprint density at radius 2 is 1.96 bits per heavy atom. The van der Waals surface area contributed by atoms with Gasteiger partial charge in [-0.25, -0.2) is 4.79 Å². The number of carbonyl (C=O) groups is 2. The molecular weight excluding hydrogens is 342 g/mol. The molecule has 5 heteroatoms. The highest BCUT2D eigenvalue weighted by Crippen LogP contribution is 2.56. The Kier molecular flexibility index (Phi) is 3.30. The van der Waals surface area contributed by atoms with Gasteiger partial charge in [-0.15, -0.1) is 0 Å². The van der Waals surface area contributed by atoms with Gasteiger partial charge in [0.15, 0.2) is 5.78 Å². The second-order valence-electron chi connectivity index (χ2n) is 8.19. The molecule has 4 aliphatic rings. The van der Waals surface area contributed by atoms with Crippen LogP contribution < -0.4 is 0 Å². The van der Waals surface area contributed by atoms with Gasteiger partial charge in [-0.2, -0.15) is 0 Å². The number of hydrogen-bond acceptors (Lipinski definition) is 5. The average Bonchev–Trinajstić information content (AvgIpc) is 3.23. The summed E-state index contributed by atoms with van der Waals surface area (Å²) in [6.45, 7) is 3.95. The van der Waals surface area contributed by atoms with Crippen molar-refractivity contribution < 1.29 is 19.2 Å². The van der Waals surface area contributed by atoms with Gasteiger partial charge in [0.05, 0.1) is 11.6 Å². The molecule has 1 saturated carbocycles. The molecule has 1 unspecified atom stereocenters. The van der Waals surface area contributed by atoms with E-state index >= 15 is 0 Å². The van der Waals surface area contributed by atoms with Crippen molar-refractivity contribution in [2.45, 2.75) is 44.8 Å². The molecule has 27 heavy (non-hydrogen) atoms. The quantitative estimate of drug-likeness (QED) is 0.718. The lowest BCUT2D eigenvalue weighted by molar-refractivity contribution is -0.158. The van der Waals surface area contributed by atoms with Crippen molar-refractivity contribution in [2.24, 2.45) is 16.5 Å². The van der Waals surface area contributed by atoms with E-state index in [-0.39, 0.29) is 23.1 Å². The summed E-state index contributed by atoms with van der Waals surface area (Å²) in [4.78, 5) is 31.0. The van der Waals surface area contributed by atoms with E-state index < -0.39 is 11.7 Å². The standard InChI is InChI=1S/C22H21NO4/c1-13-17(24)9-11-21(2)10-8-15-19(18(13)21)26-20(25)22(15)12-16(23-27-22)14-6-4-3-5-7-14/h3-7,9,11,15,19H,8,10,12H2,1-2H3/t15-,19+,21+,22?/m1/s1. The molecule has 0 bridgehead atoms. The Balaban J connectivity index is 1.52. The summed E-state index contributed by atoms with van der Waals surface area (Å²) in [5, 5.41) is 4.26. The molecular formula is C22H21NO4.